The van der Waals surface area contributed by atoms with E-state index >= 15 is 0 Å². The van der Waals surface area contributed by atoms with Crippen LogP contribution in [-0.4, -0.2) is 48.8 Å². The van der Waals surface area contributed by atoms with E-state index in [1.807, 2.05) is 12.1 Å². The van der Waals surface area contributed by atoms with Gasteiger partial charge in [-0.2, -0.15) is 0 Å². The highest BCUT2D eigenvalue weighted by Gasteiger charge is 2.27. The zero-order chi connectivity index (χ0) is 21.3. The summed E-state index contributed by atoms with van der Waals surface area (Å²) in [5.74, 6) is 0.534. The molecule has 1 fully saturated rings. The topological polar surface area (TPSA) is 85.0 Å². The van der Waals surface area contributed by atoms with Crippen molar-refractivity contribution in [2.24, 2.45) is 5.73 Å². The van der Waals surface area contributed by atoms with E-state index in [0.717, 1.165) is 62.9 Å². The fourth-order valence-corrected chi connectivity index (χ4v) is 4.61. The summed E-state index contributed by atoms with van der Waals surface area (Å²) >= 11 is 0. The molecular formula is C24H38N2O4. The molecular weight excluding hydrogens is 380 g/mol. The standard InChI is InChI=1S/C24H38N2O4/c1-2-3-4-5-9-18(24(25)28)19-16-22-23(30-15-14-29-22)17-20(19)21(27)10-8-13-26-11-6-7-12-26/h16-18,21,27H,2-15H2,1H3,(H2,25,28)/t18?,21-/m0/s1. The Morgan fingerprint density at radius 1 is 1.03 bits per heavy atom. The molecule has 2 aliphatic heterocycles. The van der Waals surface area contributed by atoms with Gasteiger partial charge in [0, 0.05) is 0 Å². The van der Waals surface area contributed by atoms with Crippen LogP contribution in [0.25, 0.3) is 0 Å². The maximum atomic E-state index is 12.4. The lowest BCUT2D eigenvalue weighted by Crippen LogP contribution is -2.24. The van der Waals surface area contributed by atoms with Crippen molar-refractivity contribution in [1.29, 1.82) is 0 Å². The first-order valence-electron chi connectivity index (χ1n) is 11.7. The number of ether oxygens (including phenoxy) is 2. The molecule has 2 atom stereocenters. The lowest BCUT2D eigenvalue weighted by Gasteiger charge is -2.26. The molecule has 3 rings (SSSR count). The number of likely N-dealkylation sites (tertiary alicyclic amines) is 1. The number of nitrogens with two attached hydrogens (primary N) is 1. The van der Waals surface area contributed by atoms with E-state index in [4.69, 9.17) is 15.2 Å². The number of nitrogens with zero attached hydrogens (tertiary/aromatic N) is 1. The van der Waals surface area contributed by atoms with Gasteiger partial charge in [0.1, 0.15) is 13.2 Å². The van der Waals surface area contributed by atoms with E-state index in [-0.39, 0.29) is 5.91 Å². The molecule has 1 aromatic rings. The molecule has 1 aromatic carbocycles. The molecule has 0 saturated carbocycles. The van der Waals surface area contributed by atoms with E-state index in [0.29, 0.717) is 37.6 Å². The van der Waals surface area contributed by atoms with Crippen LogP contribution < -0.4 is 15.2 Å². The van der Waals surface area contributed by atoms with E-state index in [2.05, 4.69) is 11.8 Å². The minimum Gasteiger partial charge on any atom is -0.486 e. The van der Waals surface area contributed by atoms with Crippen LogP contribution in [0.2, 0.25) is 0 Å². The number of aliphatic hydroxyl groups is 1. The van der Waals surface area contributed by atoms with E-state index in [9.17, 15) is 9.90 Å². The Kier molecular flexibility index (Phi) is 8.82. The molecule has 6 heteroatoms. The number of unbranched alkanes of at least 4 members (excludes halogenated alkanes) is 3. The fourth-order valence-electron chi connectivity index (χ4n) is 4.61. The third-order valence-corrected chi connectivity index (χ3v) is 6.32. The van der Waals surface area contributed by atoms with Crippen molar-refractivity contribution < 1.29 is 19.4 Å². The molecule has 168 valence electrons. The maximum absolute atomic E-state index is 12.4. The van der Waals surface area contributed by atoms with Gasteiger partial charge in [-0.3, -0.25) is 4.79 Å². The Hall–Kier alpha value is -1.79. The highest BCUT2D eigenvalue weighted by molar-refractivity contribution is 5.82. The highest BCUT2D eigenvalue weighted by atomic mass is 16.6. The number of aliphatic hydroxyl groups excluding tert-OH is 1. The summed E-state index contributed by atoms with van der Waals surface area (Å²) in [6.07, 6.45) is 8.50. The normalized spacial score (nSPS) is 18.3. The zero-order valence-electron chi connectivity index (χ0n) is 18.4. The average molecular weight is 419 g/mol. The number of carbonyl (C=O) groups excluding carboxylic acids is 1. The molecule has 30 heavy (non-hydrogen) atoms. The van der Waals surface area contributed by atoms with Gasteiger partial charge in [0.2, 0.25) is 5.91 Å². The van der Waals surface area contributed by atoms with Gasteiger partial charge >= 0.3 is 0 Å². The number of hydrogen-bond donors (Lipinski definition) is 2. The molecule has 1 amide bonds. The van der Waals surface area contributed by atoms with Crippen LogP contribution in [0.3, 0.4) is 0 Å². The molecule has 2 heterocycles. The Balaban J connectivity index is 1.77. The number of carbonyl (C=O) groups is 1. The summed E-state index contributed by atoms with van der Waals surface area (Å²) in [6.45, 7) is 6.48. The quantitative estimate of drug-likeness (QED) is 0.503. The predicted octanol–water partition coefficient (Wildman–Crippen LogP) is 3.91. The van der Waals surface area contributed by atoms with Crippen LogP contribution in [0.5, 0.6) is 11.5 Å². The second-order valence-corrected chi connectivity index (χ2v) is 8.64. The number of hydrogen-bond acceptors (Lipinski definition) is 5. The van der Waals surface area contributed by atoms with Crippen LogP contribution in [-0.2, 0) is 4.79 Å². The van der Waals surface area contributed by atoms with Gasteiger partial charge in [0.05, 0.1) is 12.0 Å². The number of rotatable bonds is 12. The van der Waals surface area contributed by atoms with Crippen molar-refractivity contribution in [1.82, 2.24) is 4.90 Å². The van der Waals surface area contributed by atoms with Gasteiger partial charge in [0.15, 0.2) is 11.5 Å². The first kappa shape index (κ1) is 22.9. The van der Waals surface area contributed by atoms with Crippen LogP contribution in [0.15, 0.2) is 12.1 Å². The second kappa shape index (κ2) is 11.6. The minimum absolute atomic E-state index is 0.339. The summed E-state index contributed by atoms with van der Waals surface area (Å²) in [6, 6.07) is 3.75. The zero-order valence-corrected chi connectivity index (χ0v) is 18.4. The van der Waals surface area contributed by atoms with Crippen molar-refractivity contribution in [3.05, 3.63) is 23.3 Å². The molecule has 1 saturated heterocycles. The largest absolute Gasteiger partial charge is 0.486 e. The monoisotopic (exact) mass is 418 g/mol. The van der Waals surface area contributed by atoms with E-state index < -0.39 is 12.0 Å². The lowest BCUT2D eigenvalue weighted by atomic mass is 9.86. The molecule has 0 aliphatic carbocycles. The lowest BCUT2D eigenvalue weighted by molar-refractivity contribution is -0.119. The van der Waals surface area contributed by atoms with Gasteiger partial charge in [-0.15, -0.1) is 0 Å². The van der Waals surface area contributed by atoms with Crippen molar-refractivity contribution in [3.8, 4) is 11.5 Å². The molecule has 1 unspecified atom stereocenters. The summed E-state index contributed by atoms with van der Waals surface area (Å²) in [7, 11) is 0. The fraction of sp³-hybridized carbons (Fsp3) is 0.708. The van der Waals surface area contributed by atoms with Crippen LogP contribution in [0, 0.1) is 0 Å². The van der Waals surface area contributed by atoms with Gasteiger partial charge in [-0.1, -0.05) is 32.6 Å². The van der Waals surface area contributed by atoms with E-state index in [1.165, 1.54) is 12.8 Å². The Morgan fingerprint density at radius 2 is 1.70 bits per heavy atom. The summed E-state index contributed by atoms with van der Waals surface area (Å²) in [5.41, 5.74) is 7.38. The molecule has 2 aliphatic rings. The number of amides is 1. The Labute approximate surface area is 180 Å². The number of benzene rings is 1. The smallest absolute Gasteiger partial charge is 0.224 e. The predicted molar refractivity (Wildman–Crippen MR) is 118 cm³/mol. The minimum atomic E-state index is -0.643. The van der Waals surface area contributed by atoms with Gasteiger partial charge in [0.25, 0.3) is 0 Å². The Morgan fingerprint density at radius 3 is 2.33 bits per heavy atom. The Bertz CT molecular complexity index is 688. The maximum Gasteiger partial charge on any atom is 0.224 e. The van der Waals surface area contributed by atoms with Gasteiger partial charge in [-0.05, 0) is 75.0 Å². The molecule has 0 radical (unpaired) electrons. The summed E-state index contributed by atoms with van der Waals surface area (Å²) in [5, 5.41) is 11.1. The first-order chi connectivity index (χ1) is 14.6. The van der Waals surface area contributed by atoms with Crippen molar-refractivity contribution in [3.63, 3.8) is 0 Å². The first-order valence-corrected chi connectivity index (χ1v) is 11.7. The van der Waals surface area contributed by atoms with Crippen molar-refractivity contribution >= 4 is 5.91 Å². The summed E-state index contributed by atoms with van der Waals surface area (Å²) < 4.78 is 11.5. The van der Waals surface area contributed by atoms with Gasteiger partial charge < -0.3 is 25.2 Å². The van der Waals surface area contributed by atoms with Crippen molar-refractivity contribution in [2.75, 3.05) is 32.8 Å². The number of primary amides is 1. The van der Waals surface area contributed by atoms with Crippen LogP contribution in [0.1, 0.15) is 87.9 Å². The molecule has 0 spiro atoms. The van der Waals surface area contributed by atoms with Crippen molar-refractivity contribution in [2.45, 2.75) is 76.7 Å². The molecule has 0 bridgehead atoms. The third-order valence-electron chi connectivity index (χ3n) is 6.32. The van der Waals surface area contributed by atoms with Gasteiger partial charge in [-0.25, -0.2) is 0 Å². The van der Waals surface area contributed by atoms with E-state index in [1.54, 1.807) is 0 Å². The second-order valence-electron chi connectivity index (χ2n) is 8.64. The molecule has 6 nitrogen and oxygen atoms in total. The summed E-state index contributed by atoms with van der Waals surface area (Å²) in [4.78, 5) is 14.8. The number of fused-ring (bicyclic) bond motifs is 1. The molecule has 0 aromatic heterocycles. The highest BCUT2D eigenvalue weighted by Crippen LogP contribution is 2.40. The van der Waals surface area contributed by atoms with Crippen LogP contribution in [0.4, 0.5) is 0 Å². The average Bonchev–Trinajstić information content (AvgIpc) is 3.26. The molecule has 3 N–H and O–H groups in total. The SMILES string of the molecule is CCCCCCC(C(N)=O)c1cc2c(cc1[C@@H](O)CCCN1CCCC1)OCCO2. The van der Waals surface area contributed by atoms with Crippen LogP contribution >= 0.6 is 0 Å². The third kappa shape index (κ3) is 6.11.